The normalized spacial score (nSPS) is 12.2. The number of para-hydroxylation sites is 1. The molecule has 0 amide bonds. The number of furan rings is 1. The predicted octanol–water partition coefficient (Wildman–Crippen LogP) is 11.0. The minimum Gasteiger partial charge on any atom is -0.456 e. The third-order valence-electron chi connectivity index (χ3n) is 8.25. The number of hydrogen-bond acceptors (Lipinski definition) is 2. The Morgan fingerprint density at radius 1 is 0.400 bits per heavy atom. The second kappa shape index (κ2) is 8.08. The Bertz CT molecular complexity index is 2290. The second-order valence-electron chi connectivity index (χ2n) is 10.5. The molecule has 0 saturated heterocycles. The van der Waals surface area contributed by atoms with E-state index in [1.165, 1.54) is 44.0 Å². The van der Waals surface area contributed by atoms with E-state index in [4.69, 9.17) is 9.15 Å². The molecule has 8 aromatic rings. The van der Waals surface area contributed by atoms with Crippen molar-refractivity contribution in [2.75, 3.05) is 0 Å². The average Bonchev–Trinajstić information content (AvgIpc) is 3.41. The van der Waals surface area contributed by atoms with Crippen molar-refractivity contribution in [2.45, 2.75) is 0 Å². The Hall–Kier alpha value is -5.34. The minimum atomic E-state index is 0.906. The molecule has 0 aliphatic carbocycles. The summed E-state index contributed by atoms with van der Waals surface area (Å²) in [5.41, 5.74) is 8.96. The maximum Gasteiger partial charge on any atom is 0.143 e. The van der Waals surface area contributed by atoms with Crippen molar-refractivity contribution in [3.63, 3.8) is 0 Å². The van der Waals surface area contributed by atoms with Crippen LogP contribution >= 0.6 is 0 Å². The van der Waals surface area contributed by atoms with Crippen LogP contribution in [0.3, 0.4) is 0 Å². The molecule has 1 aromatic heterocycles. The van der Waals surface area contributed by atoms with Gasteiger partial charge in [0.05, 0.1) is 0 Å². The number of benzene rings is 7. The van der Waals surface area contributed by atoms with Gasteiger partial charge in [0.2, 0.25) is 0 Å². The molecule has 0 bridgehead atoms. The molecule has 0 radical (unpaired) electrons. The molecular formula is C38H22O2. The van der Waals surface area contributed by atoms with Crippen LogP contribution in [0.5, 0.6) is 11.5 Å². The number of rotatable bonds is 2. The lowest BCUT2D eigenvalue weighted by Gasteiger charge is -2.22. The zero-order chi connectivity index (χ0) is 26.2. The summed E-state index contributed by atoms with van der Waals surface area (Å²) < 4.78 is 12.7. The zero-order valence-corrected chi connectivity index (χ0v) is 21.5. The lowest BCUT2D eigenvalue weighted by molar-refractivity contribution is 0.487. The minimum absolute atomic E-state index is 0.906. The van der Waals surface area contributed by atoms with Crippen molar-refractivity contribution < 1.29 is 9.15 Å². The van der Waals surface area contributed by atoms with Gasteiger partial charge >= 0.3 is 0 Å². The Kier molecular flexibility index (Phi) is 4.36. The highest BCUT2D eigenvalue weighted by atomic mass is 16.5. The van der Waals surface area contributed by atoms with Gasteiger partial charge in [-0.1, -0.05) is 97.1 Å². The summed E-state index contributed by atoms with van der Waals surface area (Å²) in [6.45, 7) is 0. The summed E-state index contributed by atoms with van der Waals surface area (Å²) in [5.74, 6) is 1.82. The van der Waals surface area contributed by atoms with Crippen LogP contribution < -0.4 is 4.74 Å². The van der Waals surface area contributed by atoms with Crippen LogP contribution in [0.25, 0.3) is 76.9 Å². The van der Waals surface area contributed by atoms with Gasteiger partial charge in [-0.05, 0) is 75.0 Å². The molecule has 0 N–H and O–H groups in total. The Labute approximate surface area is 230 Å². The topological polar surface area (TPSA) is 22.4 Å². The van der Waals surface area contributed by atoms with Crippen molar-refractivity contribution >= 4 is 43.5 Å². The molecule has 9 rings (SSSR count). The van der Waals surface area contributed by atoms with Gasteiger partial charge in [0, 0.05) is 27.1 Å². The van der Waals surface area contributed by atoms with Crippen LogP contribution in [0, 0.1) is 0 Å². The summed E-state index contributed by atoms with van der Waals surface area (Å²) in [5, 5.41) is 7.01. The fraction of sp³-hybridized carbons (Fsp3) is 0. The molecule has 2 heterocycles. The van der Waals surface area contributed by atoms with Crippen LogP contribution in [0.1, 0.15) is 0 Å². The summed E-state index contributed by atoms with van der Waals surface area (Å²) >= 11 is 0. The molecule has 1 aliphatic rings. The Morgan fingerprint density at radius 2 is 1.15 bits per heavy atom. The monoisotopic (exact) mass is 510 g/mol. The fourth-order valence-corrected chi connectivity index (χ4v) is 6.39. The third kappa shape index (κ3) is 3.05. The highest BCUT2D eigenvalue weighted by Gasteiger charge is 2.21. The van der Waals surface area contributed by atoms with Gasteiger partial charge in [0.1, 0.15) is 22.7 Å². The average molecular weight is 511 g/mol. The van der Waals surface area contributed by atoms with Gasteiger partial charge in [-0.25, -0.2) is 0 Å². The van der Waals surface area contributed by atoms with Crippen molar-refractivity contribution in [1.29, 1.82) is 0 Å². The molecule has 0 spiro atoms. The summed E-state index contributed by atoms with van der Waals surface area (Å²) in [7, 11) is 0. The molecule has 2 heteroatoms. The highest BCUT2D eigenvalue weighted by molar-refractivity contribution is 6.19. The lowest BCUT2D eigenvalue weighted by Crippen LogP contribution is -1.97. The Balaban J connectivity index is 1.20. The van der Waals surface area contributed by atoms with Gasteiger partial charge in [0.15, 0.2) is 0 Å². The Morgan fingerprint density at radius 3 is 2.10 bits per heavy atom. The molecule has 1 aliphatic heterocycles. The van der Waals surface area contributed by atoms with Crippen molar-refractivity contribution in [3.05, 3.63) is 133 Å². The quantitative estimate of drug-likeness (QED) is 0.231. The number of fused-ring (bicyclic) bond motifs is 7. The highest BCUT2D eigenvalue weighted by Crippen LogP contribution is 2.48. The molecule has 7 aromatic carbocycles. The van der Waals surface area contributed by atoms with E-state index in [1.54, 1.807) is 0 Å². The zero-order valence-electron chi connectivity index (χ0n) is 21.5. The standard InChI is InChI=1S/C38H22O2/c1-2-9-29-24(7-1)19-20-31-37-28(11-6-14-35(37)40-38(29)31)25-17-15-23(16-18-25)27-21-26-8-5-13-34-36(26)32(22-27)30-10-3-4-12-33(30)39-34/h1-22H. The second-order valence-corrected chi connectivity index (χ2v) is 10.5. The molecule has 0 atom stereocenters. The van der Waals surface area contributed by atoms with E-state index in [-0.39, 0.29) is 0 Å². The van der Waals surface area contributed by atoms with Crippen LogP contribution in [-0.4, -0.2) is 0 Å². The molecule has 0 unspecified atom stereocenters. The van der Waals surface area contributed by atoms with Gasteiger partial charge in [0.25, 0.3) is 0 Å². The molecule has 186 valence electrons. The van der Waals surface area contributed by atoms with Crippen molar-refractivity contribution in [1.82, 2.24) is 0 Å². The third-order valence-corrected chi connectivity index (χ3v) is 8.25. The van der Waals surface area contributed by atoms with Gasteiger partial charge in [-0.3, -0.25) is 0 Å². The van der Waals surface area contributed by atoms with Crippen LogP contribution in [0.2, 0.25) is 0 Å². The predicted molar refractivity (Wildman–Crippen MR) is 165 cm³/mol. The van der Waals surface area contributed by atoms with E-state index in [1.807, 2.05) is 12.1 Å². The SMILES string of the molecule is c1ccc2c(c1)Oc1cccc3cc(-c4ccc(-c5cccc6oc7c8ccccc8ccc7c56)cc4)cc-2c13. The van der Waals surface area contributed by atoms with Gasteiger partial charge in [-0.15, -0.1) is 0 Å². The van der Waals surface area contributed by atoms with Crippen LogP contribution in [-0.2, 0) is 0 Å². The lowest BCUT2D eigenvalue weighted by atomic mass is 9.90. The maximum absolute atomic E-state index is 6.42. The molecule has 0 saturated carbocycles. The first-order valence-electron chi connectivity index (χ1n) is 13.6. The molecule has 0 fully saturated rings. The van der Waals surface area contributed by atoms with E-state index in [9.17, 15) is 0 Å². The van der Waals surface area contributed by atoms with E-state index >= 15 is 0 Å². The summed E-state index contributed by atoms with van der Waals surface area (Å²) in [6.07, 6.45) is 0. The molecule has 2 nitrogen and oxygen atoms in total. The summed E-state index contributed by atoms with van der Waals surface area (Å²) in [6, 6.07) is 47.2. The smallest absolute Gasteiger partial charge is 0.143 e. The maximum atomic E-state index is 6.42. The van der Waals surface area contributed by atoms with Gasteiger partial charge in [-0.2, -0.15) is 0 Å². The first-order valence-corrected chi connectivity index (χ1v) is 13.6. The van der Waals surface area contributed by atoms with Gasteiger partial charge < -0.3 is 9.15 Å². The van der Waals surface area contributed by atoms with Crippen LogP contribution in [0.4, 0.5) is 0 Å². The van der Waals surface area contributed by atoms with E-state index < -0.39 is 0 Å². The van der Waals surface area contributed by atoms with Crippen LogP contribution in [0.15, 0.2) is 138 Å². The molecular weight excluding hydrogens is 488 g/mol. The first kappa shape index (κ1) is 21.6. The van der Waals surface area contributed by atoms with Crippen molar-refractivity contribution in [3.8, 4) is 44.9 Å². The largest absolute Gasteiger partial charge is 0.456 e. The molecule has 40 heavy (non-hydrogen) atoms. The first-order chi connectivity index (χ1) is 19.8. The van der Waals surface area contributed by atoms with E-state index in [0.29, 0.717) is 0 Å². The number of hydrogen-bond donors (Lipinski definition) is 0. The van der Waals surface area contributed by atoms with E-state index in [0.717, 1.165) is 44.4 Å². The fourth-order valence-electron chi connectivity index (χ4n) is 6.39. The van der Waals surface area contributed by atoms with E-state index in [2.05, 4.69) is 121 Å². The number of ether oxygens (including phenoxy) is 1. The summed E-state index contributed by atoms with van der Waals surface area (Å²) in [4.78, 5) is 0. The van der Waals surface area contributed by atoms with Crippen molar-refractivity contribution in [2.24, 2.45) is 0 Å².